The van der Waals surface area contributed by atoms with Gasteiger partial charge in [0.05, 0.1) is 11.7 Å². The Morgan fingerprint density at radius 1 is 1.62 bits per heavy atom. The Labute approximate surface area is 127 Å². The molecule has 0 spiro atoms. The third-order valence-electron chi connectivity index (χ3n) is 3.76. The standard InChI is InChI=1S/C15H19N3O2S/c1-11-9-14(20-17-11)13-3-2-7-18(13)15(19)16-6-4-12-5-8-21-10-12/h5,8-10,13H,2-4,6-7H2,1H3,(H,16,19)/t13-/m0/s1. The zero-order valence-electron chi connectivity index (χ0n) is 12.0. The van der Waals surface area contributed by atoms with Gasteiger partial charge in [-0.3, -0.25) is 0 Å². The van der Waals surface area contributed by atoms with Crippen molar-refractivity contribution in [2.24, 2.45) is 0 Å². The van der Waals surface area contributed by atoms with Crippen molar-refractivity contribution in [3.63, 3.8) is 0 Å². The van der Waals surface area contributed by atoms with Gasteiger partial charge in [-0.1, -0.05) is 5.16 Å². The molecule has 0 aromatic carbocycles. The molecule has 1 aliphatic heterocycles. The summed E-state index contributed by atoms with van der Waals surface area (Å²) in [7, 11) is 0. The lowest BCUT2D eigenvalue weighted by molar-refractivity contribution is 0.182. The molecule has 0 saturated carbocycles. The quantitative estimate of drug-likeness (QED) is 0.944. The Morgan fingerprint density at radius 2 is 2.52 bits per heavy atom. The molecule has 1 N–H and O–H groups in total. The molecule has 3 heterocycles. The lowest BCUT2D eigenvalue weighted by Gasteiger charge is -2.23. The number of carbonyl (C=O) groups excluding carboxylic acids is 1. The molecular formula is C15H19N3O2S. The molecule has 3 rings (SSSR count). The Morgan fingerprint density at radius 3 is 3.24 bits per heavy atom. The highest BCUT2D eigenvalue weighted by Crippen LogP contribution is 2.32. The molecule has 0 radical (unpaired) electrons. The molecule has 0 aliphatic carbocycles. The first-order valence-electron chi connectivity index (χ1n) is 7.23. The fourth-order valence-electron chi connectivity index (χ4n) is 2.70. The van der Waals surface area contributed by atoms with Gasteiger partial charge in [0.2, 0.25) is 0 Å². The van der Waals surface area contributed by atoms with E-state index in [-0.39, 0.29) is 12.1 Å². The van der Waals surface area contributed by atoms with E-state index in [1.807, 2.05) is 17.9 Å². The van der Waals surface area contributed by atoms with Gasteiger partial charge >= 0.3 is 6.03 Å². The monoisotopic (exact) mass is 305 g/mol. The van der Waals surface area contributed by atoms with Crippen molar-refractivity contribution in [1.29, 1.82) is 0 Å². The predicted molar refractivity (Wildman–Crippen MR) is 81.3 cm³/mol. The summed E-state index contributed by atoms with van der Waals surface area (Å²) < 4.78 is 5.32. The van der Waals surface area contributed by atoms with E-state index < -0.39 is 0 Å². The van der Waals surface area contributed by atoms with Crippen molar-refractivity contribution in [3.05, 3.63) is 39.9 Å². The van der Waals surface area contributed by atoms with Crippen LogP contribution in [0.2, 0.25) is 0 Å². The van der Waals surface area contributed by atoms with Crippen molar-refractivity contribution in [1.82, 2.24) is 15.4 Å². The molecule has 1 saturated heterocycles. The normalized spacial score (nSPS) is 18.1. The minimum Gasteiger partial charge on any atom is -0.359 e. The Bertz CT molecular complexity index is 594. The minimum absolute atomic E-state index is 0.0122. The largest absolute Gasteiger partial charge is 0.359 e. The number of nitrogens with one attached hydrogen (secondary N) is 1. The Kier molecular flexibility index (Phi) is 4.24. The first-order chi connectivity index (χ1) is 10.2. The molecule has 2 aromatic rings. The summed E-state index contributed by atoms with van der Waals surface area (Å²) in [6.07, 6.45) is 2.81. The average Bonchev–Trinajstić information content (AvgIpc) is 3.18. The molecule has 2 aromatic heterocycles. The Balaban J connectivity index is 1.55. The molecule has 2 amide bonds. The predicted octanol–water partition coefficient (Wildman–Crippen LogP) is 3.13. The lowest BCUT2D eigenvalue weighted by Crippen LogP contribution is -2.40. The van der Waals surface area contributed by atoms with Gasteiger partial charge in [-0.2, -0.15) is 11.3 Å². The summed E-state index contributed by atoms with van der Waals surface area (Å²) in [5, 5.41) is 11.1. The number of aryl methyl sites for hydroxylation is 1. The lowest BCUT2D eigenvalue weighted by atomic mass is 10.1. The molecule has 1 fully saturated rings. The number of hydrogen-bond donors (Lipinski definition) is 1. The van der Waals surface area contributed by atoms with Crippen LogP contribution in [-0.2, 0) is 6.42 Å². The number of carbonyl (C=O) groups is 1. The van der Waals surface area contributed by atoms with E-state index in [1.54, 1.807) is 11.3 Å². The van der Waals surface area contributed by atoms with Crippen LogP contribution in [0.3, 0.4) is 0 Å². The number of urea groups is 1. The molecule has 1 atom stereocenters. The van der Waals surface area contributed by atoms with E-state index in [2.05, 4.69) is 27.3 Å². The average molecular weight is 305 g/mol. The second kappa shape index (κ2) is 6.30. The van der Waals surface area contributed by atoms with Crippen LogP contribution in [0.1, 0.15) is 35.9 Å². The van der Waals surface area contributed by atoms with E-state index in [0.717, 1.165) is 37.3 Å². The van der Waals surface area contributed by atoms with Crippen LogP contribution in [0.5, 0.6) is 0 Å². The molecule has 0 unspecified atom stereocenters. The van der Waals surface area contributed by atoms with Crippen LogP contribution in [0, 0.1) is 6.92 Å². The summed E-state index contributed by atoms with van der Waals surface area (Å²) in [4.78, 5) is 14.2. The topological polar surface area (TPSA) is 58.4 Å². The highest BCUT2D eigenvalue weighted by atomic mass is 32.1. The van der Waals surface area contributed by atoms with Crippen LogP contribution in [-0.4, -0.2) is 29.2 Å². The van der Waals surface area contributed by atoms with Crippen molar-refractivity contribution >= 4 is 17.4 Å². The molecule has 1 aliphatic rings. The maximum Gasteiger partial charge on any atom is 0.318 e. The first kappa shape index (κ1) is 14.1. The Hall–Kier alpha value is -1.82. The van der Waals surface area contributed by atoms with Crippen molar-refractivity contribution in [2.45, 2.75) is 32.2 Å². The number of nitrogens with zero attached hydrogens (tertiary/aromatic N) is 2. The molecule has 6 heteroatoms. The number of likely N-dealkylation sites (tertiary alicyclic amines) is 1. The number of thiophene rings is 1. The number of rotatable bonds is 4. The van der Waals surface area contributed by atoms with Crippen molar-refractivity contribution in [3.8, 4) is 0 Å². The molecular weight excluding hydrogens is 286 g/mol. The summed E-state index contributed by atoms with van der Waals surface area (Å²) >= 11 is 1.68. The van der Waals surface area contributed by atoms with Crippen molar-refractivity contribution < 1.29 is 9.32 Å². The van der Waals surface area contributed by atoms with E-state index in [9.17, 15) is 4.79 Å². The molecule has 21 heavy (non-hydrogen) atoms. The summed E-state index contributed by atoms with van der Waals surface area (Å²) in [6, 6.07) is 4.02. The molecule has 0 bridgehead atoms. The van der Waals surface area contributed by atoms with Crippen LogP contribution < -0.4 is 5.32 Å². The van der Waals surface area contributed by atoms with E-state index in [4.69, 9.17) is 4.52 Å². The minimum atomic E-state index is -0.0122. The maximum atomic E-state index is 12.3. The van der Waals surface area contributed by atoms with Crippen LogP contribution in [0.4, 0.5) is 4.79 Å². The fraction of sp³-hybridized carbons (Fsp3) is 0.467. The van der Waals surface area contributed by atoms with E-state index in [1.165, 1.54) is 5.56 Å². The fourth-order valence-corrected chi connectivity index (χ4v) is 3.40. The van der Waals surface area contributed by atoms with Crippen LogP contribution in [0.25, 0.3) is 0 Å². The zero-order valence-corrected chi connectivity index (χ0v) is 12.9. The second-order valence-electron chi connectivity index (χ2n) is 5.34. The maximum absolute atomic E-state index is 12.3. The smallest absolute Gasteiger partial charge is 0.318 e. The summed E-state index contributed by atoms with van der Waals surface area (Å²) in [5.74, 6) is 0.790. The zero-order chi connectivity index (χ0) is 14.7. The van der Waals surface area contributed by atoms with Crippen LogP contribution in [0.15, 0.2) is 27.4 Å². The summed E-state index contributed by atoms with van der Waals surface area (Å²) in [6.45, 7) is 3.33. The van der Waals surface area contributed by atoms with Gasteiger partial charge in [0, 0.05) is 19.2 Å². The van der Waals surface area contributed by atoms with Crippen LogP contribution >= 0.6 is 11.3 Å². The van der Waals surface area contributed by atoms with E-state index >= 15 is 0 Å². The van der Waals surface area contributed by atoms with Gasteiger partial charge < -0.3 is 14.7 Å². The molecule has 112 valence electrons. The first-order valence-corrected chi connectivity index (χ1v) is 8.17. The third kappa shape index (κ3) is 3.26. The SMILES string of the molecule is Cc1cc([C@@H]2CCCN2C(=O)NCCc2ccsc2)on1. The van der Waals surface area contributed by atoms with Gasteiger partial charge in [0.1, 0.15) is 0 Å². The summed E-state index contributed by atoms with van der Waals surface area (Å²) in [5.41, 5.74) is 2.12. The van der Waals surface area contributed by atoms with Gasteiger partial charge in [0.25, 0.3) is 0 Å². The highest BCUT2D eigenvalue weighted by Gasteiger charge is 2.32. The van der Waals surface area contributed by atoms with E-state index in [0.29, 0.717) is 6.54 Å². The van der Waals surface area contributed by atoms with Gasteiger partial charge in [0.15, 0.2) is 5.76 Å². The second-order valence-corrected chi connectivity index (χ2v) is 6.12. The number of hydrogen-bond acceptors (Lipinski definition) is 4. The van der Waals surface area contributed by atoms with Gasteiger partial charge in [-0.25, -0.2) is 4.79 Å². The van der Waals surface area contributed by atoms with Crippen molar-refractivity contribution in [2.75, 3.05) is 13.1 Å². The van der Waals surface area contributed by atoms with Gasteiger partial charge in [-0.15, -0.1) is 0 Å². The molecule has 5 nitrogen and oxygen atoms in total. The number of aromatic nitrogens is 1. The van der Waals surface area contributed by atoms with Gasteiger partial charge in [-0.05, 0) is 48.6 Å². The number of amides is 2. The third-order valence-corrected chi connectivity index (χ3v) is 4.49. The highest BCUT2D eigenvalue weighted by molar-refractivity contribution is 7.07.